The van der Waals surface area contributed by atoms with Gasteiger partial charge in [-0.3, -0.25) is 4.79 Å². The Kier molecular flexibility index (Phi) is 25.8. The predicted octanol–water partition coefficient (Wildman–Crippen LogP) is 7.76. The van der Waals surface area contributed by atoms with Crippen molar-refractivity contribution in [2.75, 3.05) is 13.1 Å². The molecule has 1 amide bonds. The molecule has 5 N–H and O–H groups in total. The first-order valence-electron chi connectivity index (χ1n) is 18.7. The van der Waals surface area contributed by atoms with E-state index in [2.05, 4.69) is 13.8 Å². The fourth-order valence-corrected chi connectivity index (χ4v) is 6.34. The first kappa shape index (κ1) is 40.3. The van der Waals surface area contributed by atoms with E-state index in [1.807, 2.05) is 0 Å². The zero-order chi connectivity index (χ0) is 31.5. The van der Waals surface area contributed by atoms with Gasteiger partial charge in [0, 0.05) is 19.5 Å². The number of ether oxygens (including phenoxy) is 1. The number of nitrogens with zero attached hydrogens (tertiary/aromatic N) is 1. The fraction of sp³-hybridized carbons (Fsp3) is 0.972. The molecule has 0 bridgehead atoms. The Morgan fingerprint density at radius 1 is 0.558 bits per heavy atom. The van der Waals surface area contributed by atoms with E-state index in [-0.39, 0.29) is 12.5 Å². The summed E-state index contributed by atoms with van der Waals surface area (Å²) >= 11 is 0. The van der Waals surface area contributed by atoms with Crippen LogP contribution in [0.3, 0.4) is 0 Å². The van der Waals surface area contributed by atoms with E-state index in [9.17, 15) is 20.1 Å². The van der Waals surface area contributed by atoms with E-state index in [1.54, 1.807) is 4.90 Å². The van der Waals surface area contributed by atoms with E-state index in [4.69, 9.17) is 10.5 Å². The SMILES string of the molecule is CCCCCCCCCCCCCCCCCCN(C(=O)CCCCCCCCCCC)[C@@H]1O[C@H](CN)[C@@H](O)[C@H](O)[C@H]1O. The molecule has 1 fully saturated rings. The van der Waals surface area contributed by atoms with Gasteiger partial charge in [-0.2, -0.15) is 0 Å². The molecule has 0 aromatic carbocycles. The van der Waals surface area contributed by atoms with Crippen molar-refractivity contribution in [1.82, 2.24) is 4.90 Å². The van der Waals surface area contributed by atoms with Gasteiger partial charge in [-0.25, -0.2) is 0 Å². The maximum atomic E-state index is 13.3. The average molecular weight is 613 g/mol. The largest absolute Gasteiger partial charge is 0.388 e. The van der Waals surface area contributed by atoms with E-state index >= 15 is 0 Å². The normalized spacial score (nSPS) is 22.2. The van der Waals surface area contributed by atoms with Crippen molar-refractivity contribution >= 4 is 5.91 Å². The van der Waals surface area contributed by atoms with Crippen molar-refractivity contribution in [3.05, 3.63) is 0 Å². The lowest BCUT2D eigenvalue weighted by Gasteiger charge is -2.45. The first-order valence-corrected chi connectivity index (χ1v) is 18.7. The molecule has 0 aliphatic carbocycles. The van der Waals surface area contributed by atoms with Crippen LogP contribution in [0, 0.1) is 0 Å². The fourth-order valence-electron chi connectivity index (χ4n) is 6.34. The summed E-state index contributed by atoms with van der Waals surface area (Å²) in [4.78, 5) is 14.9. The molecule has 0 saturated carbocycles. The number of nitrogens with two attached hydrogens (primary N) is 1. The number of aliphatic hydroxyl groups is 3. The lowest BCUT2D eigenvalue weighted by atomic mass is 9.97. The van der Waals surface area contributed by atoms with E-state index in [0.29, 0.717) is 13.0 Å². The predicted molar refractivity (Wildman–Crippen MR) is 179 cm³/mol. The molecular weight excluding hydrogens is 540 g/mol. The lowest BCUT2D eigenvalue weighted by Crippen LogP contribution is -2.64. The molecule has 0 radical (unpaired) electrons. The molecule has 1 saturated heterocycles. The van der Waals surface area contributed by atoms with Crippen LogP contribution in [0.5, 0.6) is 0 Å². The van der Waals surface area contributed by atoms with Crippen molar-refractivity contribution < 1.29 is 24.9 Å². The van der Waals surface area contributed by atoms with Gasteiger partial charge in [0.1, 0.15) is 24.4 Å². The molecule has 1 heterocycles. The highest BCUT2D eigenvalue weighted by molar-refractivity contribution is 5.76. The minimum absolute atomic E-state index is 0.0147. The standard InChI is InChI=1S/C36H72N2O5/c1-3-5-7-9-11-13-14-15-16-17-18-19-21-23-25-27-29-38(36-35(42)34(41)33(40)31(30-37)43-36)32(39)28-26-24-22-20-12-10-8-6-4-2/h31,33-36,40-42H,3-30,37H2,1-2H3/t31-,33-,34+,35-,36-/m1/s1. The molecule has 5 atom stereocenters. The number of unbranched alkanes of at least 4 members (excludes halogenated alkanes) is 23. The Morgan fingerprint density at radius 2 is 0.930 bits per heavy atom. The van der Waals surface area contributed by atoms with E-state index < -0.39 is 30.6 Å². The van der Waals surface area contributed by atoms with Gasteiger partial charge >= 0.3 is 0 Å². The Morgan fingerprint density at radius 3 is 1.33 bits per heavy atom. The second-order valence-corrected chi connectivity index (χ2v) is 13.2. The molecule has 7 nitrogen and oxygen atoms in total. The van der Waals surface area contributed by atoms with Crippen molar-refractivity contribution in [1.29, 1.82) is 0 Å². The minimum Gasteiger partial charge on any atom is -0.388 e. The van der Waals surface area contributed by atoms with Gasteiger partial charge in [0.2, 0.25) is 5.91 Å². The smallest absolute Gasteiger partial charge is 0.224 e. The number of hydrogen-bond donors (Lipinski definition) is 4. The maximum absolute atomic E-state index is 13.3. The minimum atomic E-state index is -1.39. The lowest BCUT2D eigenvalue weighted by molar-refractivity contribution is -0.254. The summed E-state index contributed by atoms with van der Waals surface area (Å²) in [6.07, 6.45) is 25.9. The second kappa shape index (κ2) is 27.6. The molecule has 0 aromatic rings. The van der Waals surface area contributed by atoms with Crippen LogP contribution in [-0.2, 0) is 9.53 Å². The molecule has 1 rings (SSSR count). The van der Waals surface area contributed by atoms with Gasteiger partial charge < -0.3 is 30.7 Å². The number of amides is 1. The van der Waals surface area contributed by atoms with Crippen LogP contribution in [0.2, 0.25) is 0 Å². The summed E-state index contributed by atoms with van der Waals surface area (Å²) in [5.41, 5.74) is 5.76. The van der Waals surface area contributed by atoms with Crippen molar-refractivity contribution in [3.63, 3.8) is 0 Å². The molecular formula is C36H72N2O5. The van der Waals surface area contributed by atoms with Crippen LogP contribution in [0.15, 0.2) is 0 Å². The number of aliphatic hydroxyl groups excluding tert-OH is 3. The molecule has 256 valence electrons. The monoisotopic (exact) mass is 613 g/mol. The average Bonchev–Trinajstić information content (AvgIpc) is 3.01. The zero-order valence-corrected chi connectivity index (χ0v) is 28.4. The molecule has 0 unspecified atom stereocenters. The van der Waals surface area contributed by atoms with Gasteiger partial charge in [0.05, 0.1) is 0 Å². The third-order valence-electron chi connectivity index (χ3n) is 9.29. The highest BCUT2D eigenvalue weighted by atomic mass is 16.6. The van der Waals surface area contributed by atoms with Gasteiger partial charge in [0.25, 0.3) is 0 Å². The summed E-state index contributed by atoms with van der Waals surface area (Å²) in [6.45, 7) is 5.00. The maximum Gasteiger partial charge on any atom is 0.224 e. The van der Waals surface area contributed by atoms with Crippen LogP contribution in [-0.4, -0.2) is 69.9 Å². The molecule has 1 aliphatic heterocycles. The molecule has 0 aromatic heterocycles. The summed E-state index contributed by atoms with van der Waals surface area (Å²) in [5, 5.41) is 31.4. The van der Waals surface area contributed by atoms with Crippen LogP contribution in [0.4, 0.5) is 0 Å². The number of hydrogen-bond acceptors (Lipinski definition) is 6. The number of carbonyl (C=O) groups is 1. The van der Waals surface area contributed by atoms with Crippen LogP contribution in [0.1, 0.15) is 181 Å². The third kappa shape index (κ3) is 18.7. The zero-order valence-electron chi connectivity index (χ0n) is 28.4. The Labute approximate surface area is 265 Å². The topological polar surface area (TPSA) is 116 Å². The quantitative estimate of drug-likeness (QED) is 0.0642. The van der Waals surface area contributed by atoms with Crippen molar-refractivity contribution in [2.45, 2.75) is 211 Å². The van der Waals surface area contributed by atoms with Crippen LogP contribution >= 0.6 is 0 Å². The summed E-state index contributed by atoms with van der Waals surface area (Å²) in [6, 6.07) is 0. The van der Waals surface area contributed by atoms with Crippen molar-refractivity contribution in [2.24, 2.45) is 5.73 Å². The summed E-state index contributed by atoms with van der Waals surface area (Å²) in [7, 11) is 0. The number of rotatable bonds is 29. The Bertz CT molecular complexity index is 635. The van der Waals surface area contributed by atoms with Gasteiger partial charge in [-0.15, -0.1) is 0 Å². The molecule has 43 heavy (non-hydrogen) atoms. The summed E-state index contributed by atoms with van der Waals surface area (Å²) < 4.78 is 5.90. The Hall–Kier alpha value is -0.730. The highest BCUT2D eigenvalue weighted by Gasteiger charge is 2.46. The second-order valence-electron chi connectivity index (χ2n) is 13.2. The van der Waals surface area contributed by atoms with Crippen molar-refractivity contribution in [3.8, 4) is 0 Å². The van der Waals surface area contributed by atoms with Crippen LogP contribution in [0.25, 0.3) is 0 Å². The van der Waals surface area contributed by atoms with E-state index in [1.165, 1.54) is 122 Å². The van der Waals surface area contributed by atoms with E-state index in [0.717, 1.165) is 38.5 Å². The number of carbonyl (C=O) groups excluding carboxylic acids is 1. The summed E-state index contributed by atoms with van der Waals surface area (Å²) in [5.74, 6) is -0.0488. The first-order chi connectivity index (χ1) is 21.0. The highest BCUT2D eigenvalue weighted by Crippen LogP contribution is 2.25. The molecule has 7 heteroatoms. The van der Waals surface area contributed by atoms with Gasteiger partial charge in [-0.1, -0.05) is 162 Å². The Balaban J connectivity index is 2.33. The molecule has 0 spiro atoms. The third-order valence-corrected chi connectivity index (χ3v) is 9.29. The molecule has 1 aliphatic rings. The van der Waals surface area contributed by atoms with Gasteiger partial charge in [0.15, 0.2) is 6.23 Å². The van der Waals surface area contributed by atoms with Crippen LogP contribution < -0.4 is 5.73 Å². The van der Waals surface area contributed by atoms with Gasteiger partial charge in [-0.05, 0) is 12.8 Å².